The molecule has 4 amide bonds. The number of amides is 4. The molecular formula is C22H29N5O4. The Hall–Kier alpha value is -3.10. The third-order valence-corrected chi connectivity index (χ3v) is 5.87. The largest absolute Gasteiger partial charge is 0.444 e. The minimum absolute atomic E-state index is 0.255. The Morgan fingerprint density at radius 1 is 1.19 bits per heavy atom. The standard InChI is InChI=1S/C22H29N5O4/c1-14-16(15-5-9-25(10-6-15)21(30)31-22(2,3)4)7-11-26-18(13-23-19(14)26)27-12-8-17(28)24-20(27)29/h7,11,13,15H,5-6,8-10,12H2,1-4H3,(H,24,28,29). The maximum absolute atomic E-state index is 12.3. The number of imidazole rings is 1. The van der Waals surface area contributed by atoms with Crippen LogP contribution in [0.5, 0.6) is 0 Å². The second-order valence-corrected chi connectivity index (χ2v) is 9.20. The van der Waals surface area contributed by atoms with E-state index in [4.69, 9.17) is 4.74 Å². The molecular weight excluding hydrogens is 398 g/mol. The summed E-state index contributed by atoms with van der Waals surface area (Å²) in [5.41, 5.74) is 2.59. The molecule has 2 saturated heterocycles. The quantitative estimate of drug-likeness (QED) is 0.794. The summed E-state index contributed by atoms with van der Waals surface area (Å²) in [5, 5.41) is 2.35. The van der Waals surface area contributed by atoms with E-state index in [0.717, 1.165) is 24.1 Å². The second kappa shape index (κ2) is 7.86. The Balaban J connectivity index is 1.50. The van der Waals surface area contributed by atoms with Crippen molar-refractivity contribution in [1.82, 2.24) is 19.6 Å². The van der Waals surface area contributed by atoms with Gasteiger partial charge in [0.1, 0.15) is 17.1 Å². The summed E-state index contributed by atoms with van der Waals surface area (Å²) in [7, 11) is 0. The Labute approximate surface area is 181 Å². The summed E-state index contributed by atoms with van der Waals surface area (Å²) in [6.07, 6.45) is 5.35. The number of hydrogen-bond donors (Lipinski definition) is 1. The number of carbonyl (C=O) groups excluding carboxylic acids is 3. The third-order valence-electron chi connectivity index (χ3n) is 5.87. The highest BCUT2D eigenvalue weighted by Gasteiger charge is 2.30. The van der Waals surface area contributed by atoms with E-state index in [1.807, 2.05) is 38.3 Å². The SMILES string of the molecule is Cc1c(C2CCN(C(=O)OC(C)(C)C)CC2)ccn2c(N3CCC(=O)NC3=O)cnc12. The van der Waals surface area contributed by atoms with Gasteiger partial charge in [-0.1, -0.05) is 0 Å². The molecule has 9 nitrogen and oxygen atoms in total. The number of anilines is 1. The van der Waals surface area contributed by atoms with Crippen LogP contribution in [0, 0.1) is 6.92 Å². The fourth-order valence-corrected chi connectivity index (χ4v) is 4.31. The van der Waals surface area contributed by atoms with E-state index in [1.54, 1.807) is 16.0 Å². The minimum Gasteiger partial charge on any atom is -0.444 e. The molecule has 1 N–H and O–H groups in total. The van der Waals surface area contributed by atoms with Crippen molar-refractivity contribution in [2.24, 2.45) is 0 Å². The molecule has 166 valence electrons. The highest BCUT2D eigenvalue weighted by molar-refractivity contribution is 6.05. The normalized spacial score (nSPS) is 18.5. The maximum atomic E-state index is 12.3. The van der Waals surface area contributed by atoms with E-state index in [9.17, 15) is 14.4 Å². The average Bonchev–Trinajstić information content (AvgIpc) is 3.12. The summed E-state index contributed by atoms with van der Waals surface area (Å²) < 4.78 is 7.38. The van der Waals surface area contributed by atoms with E-state index in [-0.39, 0.29) is 18.4 Å². The monoisotopic (exact) mass is 427 g/mol. The number of likely N-dealkylation sites (tertiary alicyclic amines) is 1. The number of urea groups is 1. The first kappa shape index (κ1) is 21.1. The molecule has 4 rings (SSSR count). The molecule has 2 aliphatic heterocycles. The summed E-state index contributed by atoms with van der Waals surface area (Å²) in [6.45, 7) is 9.32. The van der Waals surface area contributed by atoms with E-state index < -0.39 is 11.6 Å². The van der Waals surface area contributed by atoms with Crippen LogP contribution in [0.25, 0.3) is 5.65 Å². The van der Waals surface area contributed by atoms with Crippen molar-refractivity contribution in [1.29, 1.82) is 0 Å². The molecule has 9 heteroatoms. The number of imide groups is 1. The zero-order valence-electron chi connectivity index (χ0n) is 18.5. The van der Waals surface area contributed by atoms with Gasteiger partial charge < -0.3 is 9.64 Å². The molecule has 0 aromatic carbocycles. The van der Waals surface area contributed by atoms with Crippen molar-refractivity contribution in [2.45, 2.75) is 58.5 Å². The lowest BCUT2D eigenvalue weighted by molar-refractivity contribution is -0.120. The number of nitrogens with zero attached hydrogens (tertiary/aromatic N) is 4. The molecule has 2 fully saturated rings. The number of aromatic nitrogens is 2. The van der Waals surface area contributed by atoms with Crippen molar-refractivity contribution >= 4 is 29.5 Å². The maximum Gasteiger partial charge on any atom is 0.410 e. The molecule has 2 aromatic rings. The van der Waals surface area contributed by atoms with Gasteiger partial charge in [0.2, 0.25) is 5.91 Å². The van der Waals surface area contributed by atoms with Gasteiger partial charge in [-0.3, -0.25) is 19.4 Å². The molecule has 4 heterocycles. The number of carbonyl (C=O) groups is 3. The molecule has 0 bridgehead atoms. The summed E-state index contributed by atoms with van der Waals surface area (Å²) in [4.78, 5) is 43.9. The van der Waals surface area contributed by atoms with Crippen LogP contribution in [0.3, 0.4) is 0 Å². The average molecular weight is 428 g/mol. The van der Waals surface area contributed by atoms with Crippen LogP contribution in [-0.4, -0.2) is 57.6 Å². The number of rotatable bonds is 2. The van der Waals surface area contributed by atoms with Crippen molar-refractivity contribution in [3.05, 3.63) is 29.6 Å². The molecule has 0 aliphatic carbocycles. The van der Waals surface area contributed by atoms with Gasteiger partial charge in [-0.2, -0.15) is 0 Å². The first-order valence-electron chi connectivity index (χ1n) is 10.7. The van der Waals surface area contributed by atoms with Gasteiger partial charge in [0.05, 0.1) is 6.20 Å². The van der Waals surface area contributed by atoms with Crippen LogP contribution in [0.1, 0.15) is 57.1 Å². The van der Waals surface area contributed by atoms with Crippen LogP contribution < -0.4 is 10.2 Å². The summed E-state index contributed by atoms with van der Waals surface area (Å²) >= 11 is 0. The van der Waals surface area contributed by atoms with Gasteiger partial charge in [-0.25, -0.2) is 14.6 Å². The Bertz CT molecular complexity index is 1030. The first-order valence-corrected chi connectivity index (χ1v) is 10.7. The van der Waals surface area contributed by atoms with Gasteiger partial charge in [-0.15, -0.1) is 0 Å². The van der Waals surface area contributed by atoms with E-state index in [1.165, 1.54) is 5.56 Å². The molecule has 0 atom stereocenters. The van der Waals surface area contributed by atoms with Gasteiger partial charge in [-0.05, 0) is 63.6 Å². The van der Waals surface area contributed by atoms with Gasteiger partial charge in [0.25, 0.3) is 0 Å². The fraction of sp³-hybridized carbons (Fsp3) is 0.545. The predicted octanol–water partition coefficient (Wildman–Crippen LogP) is 3.20. The number of hydrogen-bond acceptors (Lipinski definition) is 5. The number of nitrogens with one attached hydrogen (secondary N) is 1. The molecule has 31 heavy (non-hydrogen) atoms. The number of fused-ring (bicyclic) bond motifs is 1. The zero-order chi connectivity index (χ0) is 22.3. The Morgan fingerprint density at radius 2 is 1.90 bits per heavy atom. The Kier molecular flexibility index (Phi) is 5.36. The number of pyridine rings is 1. The smallest absolute Gasteiger partial charge is 0.410 e. The minimum atomic E-state index is -0.494. The molecule has 2 aromatic heterocycles. The van der Waals surface area contributed by atoms with Crippen molar-refractivity contribution < 1.29 is 19.1 Å². The molecule has 0 unspecified atom stereocenters. The number of ether oxygens (including phenoxy) is 1. The van der Waals surface area contributed by atoms with Crippen molar-refractivity contribution in [3.63, 3.8) is 0 Å². The number of piperidine rings is 1. The summed E-state index contributed by atoms with van der Waals surface area (Å²) in [6, 6.07) is 1.66. The number of aryl methyl sites for hydroxylation is 1. The summed E-state index contributed by atoms with van der Waals surface area (Å²) in [5.74, 6) is 0.723. The van der Waals surface area contributed by atoms with Crippen LogP contribution in [0.2, 0.25) is 0 Å². The zero-order valence-corrected chi connectivity index (χ0v) is 18.5. The lowest BCUT2D eigenvalue weighted by Gasteiger charge is -2.34. The van der Waals surface area contributed by atoms with Gasteiger partial charge >= 0.3 is 12.1 Å². The molecule has 0 spiro atoms. The lowest BCUT2D eigenvalue weighted by Crippen LogP contribution is -2.50. The van der Waals surface area contributed by atoms with Gasteiger partial charge in [0, 0.05) is 32.3 Å². The first-order chi connectivity index (χ1) is 14.6. The topological polar surface area (TPSA) is 96.3 Å². The molecule has 2 aliphatic rings. The van der Waals surface area contributed by atoms with Gasteiger partial charge in [0.15, 0.2) is 0 Å². The van der Waals surface area contributed by atoms with Crippen LogP contribution in [-0.2, 0) is 9.53 Å². The van der Waals surface area contributed by atoms with Crippen molar-refractivity contribution in [2.75, 3.05) is 24.5 Å². The van der Waals surface area contributed by atoms with Crippen molar-refractivity contribution in [3.8, 4) is 0 Å². The van der Waals surface area contributed by atoms with E-state index in [2.05, 4.69) is 16.4 Å². The van der Waals surface area contributed by atoms with E-state index >= 15 is 0 Å². The Morgan fingerprint density at radius 3 is 2.55 bits per heavy atom. The van der Waals surface area contributed by atoms with Crippen LogP contribution >= 0.6 is 0 Å². The molecule has 0 radical (unpaired) electrons. The molecule has 0 saturated carbocycles. The fourth-order valence-electron chi connectivity index (χ4n) is 4.31. The highest BCUT2D eigenvalue weighted by Crippen LogP contribution is 2.33. The van der Waals surface area contributed by atoms with Crippen LogP contribution in [0.4, 0.5) is 15.4 Å². The predicted molar refractivity (Wildman–Crippen MR) is 115 cm³/mol. The highest BCUT2D eigenvalue weighted by atomic mass is 16.6. The van der Waals surface area contributed by atoms with E-state index in [0.29, 0.717) is 31.4 Å². The van der Waals surface area contributed by atoms with Crippen LogP contribution in [0.15, 0.2) is 18.5 Å². The lowest BCUT2D eigenvalue weighted by atomic mass is 9.87. The third kappa shape index (κ3) is 4.22. The second-order valence-electron chi connectivity index (χ2n) is 9.20.